The number of carbonyl (C=O) groups is 2. The van der Waals surface area contributed by atoms with Crippen molar-refractivity contribution in [1.29, 1.82) is 0 Å². The first kappa shape index (κ1) is 23.1. The van der Waals surface area contributed by atoms with Gasteiger partial charge in [-0.2, -0.15) is 5.10 Å². The largest absolute Gasteiger partial charge is 0.466 e. The van der Waals surface area contributed by atoms with Crippen LogP contribution in [0.5, 0.6) is 0 Å². The fourth-order valence-corrected chi connectivity index (χ4v) is 3.64. The second kappa shape index (κ2) is 9.05. The highest BCUT2D eigenvalue weighted by molar-refractivity contribution is 6.08. The Hall–Kier alpha value is -4.08. The SMILES string of the molecule is Cc1cc(-c2cc(C(=O)NCC(=O)Nc3ccc(F)c(F)c3)c3cnn(C(C)C)c3n2)c(C)o1. The molecule has 2 N–H and O–H groups in total. The lowest BCUT2D eigenvalue weighted by molar-refractivity contribution is -0.115. The molecule has 4 rings (SSSR count). The first-order chi connectivity index (χ1) is 16.1. The molecule has 4 aromatic rings. The summed E-state index contributed by atoms with van der Waals surface area (Å²) in [6.45, 7) is 7.18. The van der Waals surface area contributed by atoms with Crippen LogP contribution >= 0.6 is 0 Å². The Labute approximate surface area is 194 Å². The quantitative estimate of drug-likeness (QED) is 0.434. The molecule has 0 aliphatic heterocycles. The van der Waals surface area contributed by atoms with Gasteiger partial charge in [0.05, 0.1) is 29.4 Å². The molecule has 3 heterocycles. The van der Waals surface area contributed by atoms with Crippen molar-refractivity contribution in [3.05, 3.63) is 65.2 Å². The van der Waals surface area contributed by atoms with Crippen molar-refractivity contribution < 1.29 is 22.8 Å². The third-order valence-corrected chi connectivity index (χ3v) is 5.23. The van der Waals surface area contributed by atoms with Crippen LogP contribution in [0.1, 0.15) is 41.8 Å². The summed E-state index contributed by atoms with van der Waals surface area (Å²) < 4.78 is 33.8. The fraction of sp³-hybridized carbons (Fsp3) is 0.250. The Balaban J connectivity index is 1.61. The molecule has 0 saturated carbocycles. The number of anilines is 1. The molecule has 0 aliphatic rings. The van der Waals surface area contributed by atoms with E-state index in [9.17, 15) is 18.4 Å². The average Bonchev–Trinajstić information content (AvgIpc) is 3.36. The van der Waals surface area contributed by atoms with E-state index in [-0.39, 0.29) is 18.3 Å². The number of rotatable bonds is 6. The van der Waals surface area contributed by atoms with Crippen LogP contribution in [0.25, 0.3) is 22.3 Å². The lowest BCUT2D eigenvalue weighted by Gasteiger charge is -2.11. The van der Waals surface area contributed by atoms with E-state index in [1.165, 1.54) is 6.07 Å². The highest BCUT2D eigenvalue weighted by Gasteiger charge is 2.20. The second-order valence-electron chi connectivity index (χ2n) is 8.16. The third-order valence-electron chi connectivity index (χ3n) is 5.23. The van der Waals surface area contributed by atoms with E-state index in [2.05, 4.69) is 15.7 Å². The van der Waals surface area contributed by atoms with Crippen LogP contribution in [0.3, 0.4) is 0 Å². The van der Waals surface area contributed by atoms with E-state index in [0.29, 0.717) is 33.8 Å². The standard InChI is InChI=1S/C24H23F2N5O3/c1-12(2)31-23-18(10-28-31)17(9-21(30-23)16-7-13(3)34-14(16)4)24(33)27-11-22(32)29-15-5-6-19(25)20(26)8-15/h5-10,12H,11H2,1-4H3,(H,27,33)(H,29,32). The number of hydrogen-bond donors (Lipinski definition) is 2. The van der Waals surface area contributed by atoms with Crippen LogP contribution < -0.4 is 10.6 Å². The summed E-state index contributed by atoms with van der Waals surface area (Å²) >= 11 is 0. The number of aryl methyl sites for hydroxylation is 2. The van der Waals surface area contributed by atoms with Crippen LogP contribution in [-0.4, -0.2) is 33.1 Å². The average molecular weight is 467 g/mol. The van der Waals surface area contributed by atoms with Gasteiger partial charge in [0.1, 0.15) is 11.5 Å². The molecular formula is C24H23F2N5O3. The van der Waals surface area contributed by atoms with Gasteiger partial charge in [-0.15, -0.1) is 0 Å². The number of nitrogens with zero attached hydrogens (tertiary/aromatic N) is 3. The molecule has 0 bridgehead atoms. The van der Waals surface area contributed by atoms with E-state index >= 15 is 0 Å². The third kappa shape index (κ3) is 4.52. The predicted octanol–water partition coefficient (Wildman–Crippen LogP) is 4.54. The molecule has 0 unspecified atom stereocenters. The number of halogens is 2. The molecule has 0 radical (unpaired) electrons. The van der Waals surface area contributed by atoms with Gasteiger partial charge in [-0.3, -0.25) is 9.59 Å². The number of aromatic nitrogens is 3. The van der Waals surface area contributed by atoms with Crippen molar-refractivity contribution in [3.8, 4) is 11.3 Å². The van der Waals surface area contributed by atoms with Gasteiger partial charge in [0.15, 0.2) is 17.3 Å². The van der Waals surface area contributed by atoms with E-state index in [1.54, 1.807) is 16.9 Å². The summed E-state index contributed by atoms with van der Waals surface area (Å²) in [7, 11) is 0. The molecule has 8 nitrogen and oxygen atoms in total. The number of fused-ring (bicyclic) bond motifs is 1. The normalized spacial score (nSPS) is 11.3. The minimum absolute atomic E-state index is 0.00484. The summed E-state index contributed by atoms with van der Waals surface area (Å²) in [5, 5.41) is 9.89. The van der Waals surface area contributed by atoms with Crippen molar-refractivity contribution in [2.24, 2.45) is 0 Å². The van der Waals surface area contributed by atoms with Gasteiger partial charge in [0.25, 0.3) is 5.91 Å². The maximum absolute atomic E-state index is 13.4. The predicted molar refractivity (Wildman–Crippen MR) is 122 cm³/mol. The van der Waals surface area contributed by atoms with Crippen molar-refractivity contribution >= 4 is 28.5 Å². The van der Waals surface area contributed by atoms with Gasteiger partial charge in [0.2, 0.25) is 5.91 Å². The van der Waals surface area contributed by atoms with Crippen LogP contribution in [0.15, 0.2) is 40.9 Å². The van der Waals surface area contributed by atoms with Crippen molar-refractivity contribution in [3.63, 3.8) is 0 Å². The molecule has 0 atom stereocenters. The molecule has 0 spiro atoms. The van der Waals surface area contributed by atoms with Gasteiger partial charge in [-0.05, 0) is 52.0 Å². The molecule has 0 saturated heterocycles. The van der Waals surface area contributed by atoms with Crippen molar-refractivity contribution in [2.45, 2.75) is 33.7 Å². The number of furan rings is 1. The highest BCUT2D eigenvalue weighted by atomic mass is 19.2. The summed E-state index contributed by atoms with van der Waals surface area (Å²) in [4.78, 5) is 30.1. The smallest absolute Gasteiger partial charge is 0.252 e. The van der Waals surface area contributed by atoms with Gasteiger partial charge >= 0.3 is 0 Å². The minimum atomic E-state index is -1.08. The molecule has 176 valence electrons. The molecule has 1 aromatic carbocycles. The zero-order valence-electron chi connectivity index (χ0n) is 19.1. The molecular weight excluding hydrogens is 444 g/mol. The van der Waals surface area contributed by atoms with Gasteiger partial charge in [0, 0.05) is 23.4 Å². The van der Waals surface area contributed by atoms with E-state index in [4.69, 9.17) is 9.40 Å². The van der Waals surface area contributed by atoms with Gasteiger partial charge < -0.3 is 15.1 Å². The topological polar surface area (TPSA) is 102 Å². The lowest BCUT2D eigenvalue weighted by Crippen LogP contribution is -2.33. The molecule has 10 heteroatoms. The van der Waals surface area contributed by atoms with Crippen molar-refractivity contribution in [1.82, 2.24) is 20.1 Å². The molecule has 0 fully saturated rings. The molecule has 0 aliphatic carbocycles. The van der Waals surface area contributed by atoms with E-state index < -0.39 is 23.4 Å². The molecule has 2 amide bonds. The van der Waals surface area contributed by atoms with Gasteiger partial charge in [-0.25, -0.2) is 18.4 Å². The van der Waals surface area contributed by atoms with E-state index in [1.807, 2.05) is 33.8 Å². The Morgan fingerprint density at radius 2 is 1.88 bits per heavy atom. The summed E-state index contributed by atoms with van der Waals surface area (Å²) in [6, 6.07) is 6.48. The zero-order valence-corrected chi connectivity index (χ0v) is 19.1. The van der Waals surface area contributed by atoms with Crippen LogP contribution in [0, 0.1) is 25.5 Å². The Kier molecular flexibility index (Phi) is 6.14. The van der Waals surface area contributed by atoms with E-state index in [0.717, 1.165) is 17.7 Å². The Morgan fingerprint density at radius 3 is 2.53 bits per heavy atom. The maximum atomic E-state index is 13.4. The lowest BCUT2D eigenvalue weighted by atomic mass is 10.1. The number of carbonyl (C=O) groups excluding carboxylic acids is 2. The summed E-state index contributed by atoms with van der Waals surface area (Å²) in [5.41, 5.74) is 2.20. The van der Waals surface area contributed by atoms with Crippen LogP contribution in [0.4, 0.5) is 14.5 Å². The molecule has 3 aromatic heterocycles. The number of benzene rings is 1. The highest BCUT2D eigenvalue weighted by Crippen LogP contribution is 2.30. The number of hydrogen-bond acceptors (Lipinski definition) is 5. The monoisotopic (exact) mass is 467 g/mol. The summed E-state index contributed by atoms with van der Waals surface area (Å²) in [6.07, 6.45) is 1.57. The maximum Gasteiger partial charge on any atom is 0.252 e. The number of nitrogens with one attached hydrogen (secondary N) is 2. The number of pyridine rings is 1. The van der Waals surface area contributed by atoms with Gasteiger partial charge in [-0.1, -0.05) is 0 Å². The number of amides is 2. The summed E-state index contributed by atoms with van der Waals surface area (Å²) in [5.74, 6) is -1.82. The first-order valence-corrected chi connectivity index (χ1v) is 10.6. The van der Waals surface area contributed by atoms with Crippen LogP contribution in [0.2, 0.25) is 0 Å². The Morgan fingerprint density at radius 1 is 1.12 bits per heavy atom. The first-order valence-electron chi connectivity index (χ1n) is 10.6. The fourth-order valence-electron chi connectivity index (χ4n) is 3.64. The molecule has 34 heavy (non-hydrogen) atoms. The Bertz CT molecular complexity index is 1410. The van der Waals surface area contributed by atoms with Crippen molar-refractivity contribution in [2.75, 3.05) is 11.9 Å². The van der Waals surface area contributed by atoms with Crippen LogP contribution in [-0.2, 0) is 4.79 Å². The second-order valence-corrected chi connectivity index (χ2v) is 8.16. The minimum Gasteiger partial charge on any atom is -0.466 e. The zero-order chi connectivity index (χ0) is 24.6.